The van der Waals surface area contributed by atoms with Crippen molar-refractivity contribution in [2.75, 3.05) is 0 Å². The quantitative estimate of drug-likeness (QED) is 0.742. The number of aryl methyl sites for hydroxylation is 2. The van der Waals surface area contributed by atoms with Crippen LogP contribution in [0.1, 0.15) is 25.6 Å². The minimum absolute atomic E-state index is 0.199. The average Bonchev–Trinajstić information content (AvgIpc) is 2.92. The molecule has 3 aromatic heterocycles. The Labute approximate surface area is 116 Å². The van der Waals surface area contributed by atoms with E-state index in [1.54, 1.807) is 11.5 Å². The molecule has 0 spiro atoms. The van der Waals surface area contributed by atoms with Crippen LogP contribution in [0.2, 0.25) is 0 Å². The molecule has 0 bridgehead atoms. The van der Waals surface area contributed by atoms with Gasteiger partial charge in [-0.05, 0) is 29.3 Å². The molecule has 0 aliphatic heterocycles. The van der Waals surface area contributed by atoms with E-state index in [-0.39, 0.29) is 5.69 Å². The zero-order valence-corrected chi connectivity index (χ0v) is 12.2. The van der Waals surface area contributed by atoms with Gasteiger partial charge in [0.1, 0.15) is 11.3 Å². The molecule has 0 amide bonds. The Bertz CT molecular complexity index is 814. The maximum absolute atomic E-state index is 12.4. The Morgan fingerprint density at radius 1 is 1.32 bits per heavy atom. The molecule has 3 rings (SSSR count). The SMILES string of the molecule is CCCCn1c(=O)n2nc(C)nc2c2[nH]c(Br)nc21. The third kappa shape index (κ3) is 1.86. The van der Waals surface area contributed by atoms with Crippen molar-refractivity contribution >= 4 is 32.7 Å². The maximum Gasteiger partial charge on any atom is 0.352 e. The van der Waals surface area contributed by atoms with E-state index < -0.39 is 0 Å². The average molecular weight is 325 g/mol. The molecule has 0 aliphatic rings. The van der Waals surface area contributed by atoms with Crippen LogP contribution in [-0.4, -0.2) is 29.1 Å². The zero-order valence-electron chi connectivity index (χ0n) is 10.6. The summed E-state index contributed by atoms with van der Waals surface area (Å²) in [6.07, 6.45) is 1.92. The zero-order chi connectivity index (χ0) is 13.6. The van der Waals surface area contributed by atoms with Gasteiger partial charge in [-0.2, -0.15) is 4.52 Å². The monoisotopic (exact) mass is 324 g/mol. The van der Waals surface area contributed by atoms with Crippen molar-refractivity contribution in [3.05, 3.63) is 21.0 Å². The van der Waals surface area contributed by atoms with Crippen molar-refractivity contribution in [3.8, 4) is 0 Å². The van der Waals surface area contributed by atoms with Gasteiger partial charge in [0.2, 0.25) is 0 Å². The molecule has 7 nitrogen and oxygen atoms in total. The van der Waals surface area contributed by atoms with Crippen molar-refractivity contribution in [2.24, 2.45) is 0 Å². The molecule has 0 atom stereocenters. The molecule has 100 valence electrons. The Balaban J connectivity index is 2.43. The Morgan fingerprint density at radius 3 is 2.84 bits per heavy atom. The van der Waals surface area contributed by atoms with Crippen molar-refractivity contribution < 1.29 is 0 Å². The van der Waals surface area contributed by atoms with Crippen molar-refractivity contribution in [1.82, 2.24) is 29.1 Å². The number of fused-ring (bicyclic) bond motifs is 3. The molecule has 0 saturated carbocycles. The summed E-state index contributed by atoms with van der Waals surface area (Å²) >= 11 is 3.30. The third-order valence-corrected chi connectivity index (χ3v) is 3.37. The number of aromatic amines is 1. The fourth-order valence-electron chi connectivity index (χ4n) is 2.12. The topological polar surface area (TPSA) is 80.9 Å². The van der Waals surface area contributed by atoms with Crippen LogP contribution in [0.25, 0.3) is 16.8 Å². The first kappa shape index (κ1) is 12.3. The molecule has 8 heteroatoms. The van der Waals surface area contributed by atoms with E-state index in [9.17, 15) is 4.79 Å². The lowest BCUT2D eigenvalue weighted by Gasteiger charge is -2.05. The van der Waals surface area contributed by atoms with E-state index in [2.05, 4.69) is 42.9 Å². The first-order chi connectivity index (χ1) is 9.11. The second-order valence-corrected chi connectivity index (χ2v) is 5.16. The van der Waals surface area contributed by atoms with Crippen LogP contribution in [0.4, 0.5) is 0 Å². The third-order valence-electron chi connectivity index (χ3n) is 3.00. The largest absolute Gasteiger partial charge is 0.352 e. The lowest BCUT2D eigenvalue weighted by atomic mass is 10.3. The number of unbranched alkanes of at least 4 members (excludes halogenated alkanes) is 1. The van der Waals surface area contributed by atoms with Crippen molar-refractivity contribution in [1.29, 1.82) is 0 Å². The lowest BCUT2D eigenvalue weighted by molar-refractivity contribution is 0.600. The number of halogens is 1. The number of hydrogen-bond acceptors (Lipinski definition) is 4. The molecule has 19 heavy (non-hydrogen) atoms. The van der Waals surface area contributed by atoms with E-state index in [4.69, 9.17) is 0 Å². The highest BCUT2D eigenvalue weighted by Crippen LogP contribution is 2.17. The molecular weight excluding hydrogens is 312 g/mol. The molecule has 0 saturated heterocycles. The summed E-state index contributed by atoms with van der Waals surface area (Å²) in [4.78, 5) is 24.1. The summed E-state index contributed by atoms with van der Waals surface area (Å²) in [6.45, 7) is 4.47. The Morgan fingerprint density at radius 2 is 2.11 bits per heavy atom. The van der Waals surface area contributed by atoms with Gasteiger partial charge in [-0.25, -0.2) is 14.8 Å². The van der Waals surface area contributed by atoms with E-state index >= 15 is 0 Å². The fraction of sp³-hybridized carbons (Fsp3) is 0.455. The van der Waals surface area contributed by atoms with Crippen molar-refractivity contribution in [3.63, 3.8) is 0 Å². The van der Waals surface area contributed by atoms with E-state index in [0.717, 1.165) is 18.4 Å². The van der Waals surface area contributed by atoms with Crippen LogP contribution in [0.3, 0.4) is 0 Å². The first-order valence-corrected chi connectivity index (χ1v) is 6.92. The van der Waals surface area contributed by atoms with Gasteiger partial charge in [0.15, 0.2) is 16.0 Å². The molecule has 1 N–H and O–H groups in total. The van der Waals surface area contributed by atoms with Crippen LogP contribution >= 0.6 is 15.9 Å². The summed E-state index contributed by atoms with van der Waals surface area (Å²) in [6, 6.07) is 0. The van der Waals surface area contributed by atoms with Crippen molar-refractivity contribution in [2.45, 2.75) is 33.2 Å². The van der Waals surface area contributed by atoms with E-state index in [0.29, 0.717) is 28.4 Å². The molecule has 3 heterocycles. The molecule has 3 aromatic rings. The van der Waals surface area contributed by atoms with Crippen LogP contribution in [-0.2, 0) is 6.54 Å². The highest BCUT2D eigenvalue weighted by Gasteiger charge is 2.16. The molecule has 0 aromatic carbocycles. The molecule has 0 fully saturated rings. The van der Waals surface area contributed by atoms with Crippen LogP contribution in [0.15, 0.2) is 9.53 Å². The van der Waals surface area contributed by atoms with Gasteiger partial charge in [-0.3, -0.25) is 4.57 Å². The van der Waals surface area contributed by atoms with Gasteiger partial charge in [-0.1, -0.05) is 13.3 Å². The lowest BCUT2D eigenvalue weighted by Crippen LogP contribution is -2.28. The number of nitrogens with one attached hydrogen (secondary N) is 1. The predicted molar refractivity (Wildman–Crippen MR) is 74.2 cm³/mol. The van der Waals surface area contributed by atoms with Crippen LogP contribution < -0.4 is 5.69 Å². The Hall–Kier alpha value is -1.70. The van der Waals surface area contributed by atoms with Crippen LogP contribution in [0, 0.1) is 6.92 Å². The van der Waals surface area contributed by atoms with Crippen LogP contribution in [0.5, 0.6) is 0 Å². The molecule has 0 radical (unpaired) electrons. The predicted octanol–water partition coefficient (Wildman–Crippen LogP) is 1.64. The van der Waals surface area contributed by atoms with Gasteiger partial charge in [0.05, 0.1) is 0 Å². The number of nitrogens with zero attached hydrogens (tertiary/aromatic N) is 5. The van der Waals surface area contributed by atoms with Gasteiger partial charge in [-0.15, -0.1) is 5.10 Å². The summed E-state index contributed by atoms with van der Waals surface area (Å²) < 4.78 is 3.56. The van der Waals surface area contributed by atoms with Gasteiger partial charge in [0.25, 0.3) is 0 Å². The minimum atomic E-state index is -0.199. The minimum Gasteiger partial charge on any atom is -0.328 e. The van der Waals surface area contributed by atoms with E-state index in [1.807, 2.05) is 0 Å². The standard InChI is InChI=1S/C11H13BrN6O/c1-3-4-5-17-8-7(14-10(12)15-8)9-13-6(2)16-18(9)11(17)19/h3-5H2,1-2H3,(H,14,15). The van der Waals surface area contributed by atoms with Gasteiger partial charge in [0, 0.05) is 6.54 Å². The van der Waals surface area contributed by atoms with Gasteiger partial charge < -0.3 is 4.98 Å². The maximum atomic E-state index is 12.4. The normalized spacial score (nSPS) is 11.7. The highest BCUT2D eigenvalue weighted by molar-refractivity contribution is 9.10. The molecule has 0 aliphatic carbocycles. The second-order valence-electron chi connectivity index (χ2n) is 4.41. The van der Waals surface area contributed by atoms with E-state index in [1.165, 1.54) is 4.52 Å². The number of H-pyrrole nitrogens is 1. The molecule has 0 unspecified atom stereocenters. The Kier molecular flexibility index (Phi) is 2.89. The summed E-state index contributed by atoms with van der Waals surface area (Å²) in [5.41, 5.74) is 1.66. The number of hydrogen-bond donors (Lipinski definition) is 1. The number of rotatable bonds is 3. The number of imidazole rings is 1. The highest BCUT2D eigenvalue weighted by atomic mass is 79.9. The number of aromatic nitrogens is 6. The summed E-state index contributed by atoms with van der Waals surface area (Å²) in [5, 5.41) is 4.15. The van der Waals surface area contributed by atoms with Gasteiger partial charge >= 0.3 is 5.69 Å². The fourth-order valence-corrected chi connectivity index (χ4v) is 2.49. The second kappa shape index (κ2) is 4.44. The molecular formula is C11H13BrN6O. The summed E-state index contributed by atoms with van der Waals surface area (Å²) in [5.74, 6) is 0.567. The smallest absolute Gasteiger partial charge is 0.328 e. The first-order valence-electron chi connectivity index (χ1n) is 6.13. The summed E-state index contributed by atoms with van der Waals surface area (Å²) in [7, 11) is 0.